The predicted molar refractivity (Wildman–Crippen MR) is 82.9 cm³/mol. The maximum Gasteiger partial charge on any atom is 0.258 e. The molecule has 3 rings (SSSR count). The number of benzene rings is 2. The second-order valence-corrected chi connectivity index (χ2v) is 5.20. The van der Waals surface area contributed by atoms with Gasteiger partial charge in [0.2, 0.25) is 0 Å². The Morgan fingerprint density at radius 3 is 2.50 bits per heavy atom. The highest BCUT2D eigenvalue weighted by Crippen LogP contribution is 2.30. The van der Waals surface area contributed by atoms with Gasteiger partial charge in [0.25, 0.3) is 5.91 Å². The van der Waals surface area contributed by atoms with Crippen molar-refractivity contribution >= 4 is 17.7 Å². The van der Waals surface area contributed by atoms with E-state index in [9.17, 15) is 4.79 Å². The molecule has 100 valence electrons. The summed E-state index contributed by atoms with van der Waals surface area (Å²) in [5, 5.41) is 0. The zero-order chi connectivity index (χ0) is 14.1. The summed E-state index contributed by atoms with van der Waals surface area (Å²) in [4.78, 5) is 14.6. The van der Waals surface area contributed by atoms with Gasteiger partial charge >= 0.3 is 0 Å². The van der Waals surface area contributed by atoms with Gasteiger partial charge < -0.3 is 4.90 Å². The molecule has 0 spiro atoms. The van der Waals surface area contributed by atoms with Crippen LogP contribution in [0.1, 0.15) is 28.4 Å². The molecule has 1 amide bonds. The van der Waals surface area contributed by atoms with Crippen LogP contribution in [0.2, 0.25) is 0 Å². The van der Waals surface area contributed by atoms with Gasteiger partial charge in [-0.3, -0.25) is 4.79 Å². The van der Waals surface area contributed by atoms with Crippen molar-refractivity contribution in [2.75, 3.05) is 4.90 Å². The first-order valence-electron chi connectivity index (χ1n) is 6.84. The zero-order valence-electron chi connectivity index (χ0n) is 11.7. The molecular formula is C18H17NO. The lowest BCUT2D eigenvalue weighted by Gasteiger charge is -2.32. The molecule has 1 aliphatic rings. The molecule has 1 aliphatic heterocycles. The van der Waals surface area contributed by atoms with Crippen LogP contribution in [0.5, 0.6) is 0 Å². The predicted octanol–water partition coefficient (Wildman–Crippen LogP) is 4.06. The van der Waals surface area contributed by atoms with E-state index >= 15 is 0 Å². The molecule has 2 aromatic carbocycles. The number of fused-ring (bicyclic) bond motifs is 1. The molecule has 20 heavy (non-hydrogen) atoms. The lowest BCUT2D eigenvalue weighted by atomic mass is 10.0. The molecule has 0 fully saturated rings. The minimum absolute atomic E-state index is 0.0503. The highest BCUT2D eigenvalue weighted by Gasteiger charge is 2.25. The number of hydrogen-bond donors (Lipinski definition) is 0. The average Bonchev–Trinajstić information content (AvgIpc) is 2.47. The standard InChI is InChI=1S/C18H17NO/c1-13-7-10-16(11-8-13)18(20)19-14(2)9-12-15-5-3-4-6-17(15)19/h3-12,14H,1-2H3. The fraction of sp³-hybridized carbons (Fsp3) is 0.167. The molecule has 0 aromatic heterocycles. The lowest BCUT2D eigenvalue weighted by Crippen LogP contribution is -2.39. The van der Waals surface area contributed by atoms with Crippen LogP contribution in [-0.4, -0.2) is 11.9 Å². The summed E-state index contributed by atoms with van der Waals surface area (Å²) in [5.74, 6) is 0.0503. The van der Waals surface area contributed by atoms with E-state index in [1.165, 1.54) is 0 Å². The Kier molecular flexibility index (Phi) is 3.15. The van der Waals surface area contributed by atoms with E-state index in [1.54, 1.807) is 0 Å². The molecular weight excluding hydrogens is 246 g/mol. The monoisotopic (exact) mass is 263 g/mol. The van der Waals surface area contributed by atoms with Crippen LogP contribution in [0.15, 0.2) is 54.6 Å². The Balaban J connectivity index is 2.02. The Morgan fingerprint density at radius 1 is 1.05 bits per heavy atom. The van der Waals surface area contributed by atoms with Crippen LogP contribution < -0.4 is 4.90 Å². The molecule has 1 heterocycles. The fourth-order valence-corrected chi connectivity index (χ4v) is 2.53. The number of carbonyl (C=O) groups is 1. The van der Waals surface area contributed by atoms with E-state index < -0.39 is 0 Å². The van der Waals surface area contributed by atoms with Gasteiger partial charge in [-0.2, -0.15) is 0 Å². The molecule has 2 heteroatoms. The van der Waals surface area contributed by atoms with Crippen molar-refractivity contribution in [1.82, 2.24) is 0 Å². The van der Waals surface area contributed by atoms with Gasteiger partial charge in [0.15, 0.2) is 0 Å². The fourth-order valence-electron chi connectivity index (χ4n) is 2.53. The minimum atomic E-state index is 0.0503. The number of hydrogen-bond acceptors (Lipinski definition) is 1. The quantitative estimate of drug-likeness (QED) is 0.760. The van der Waals surface area contributed by atoms with Gasteiger partial charge in [-0.25, -0.2) is 0 Å². The van der Waals surface area contributed by atoms with Gasteiger partial charge in [0, 0.05) is 5.56 Å². The topological polar surface area (TPSA) is 20.3 Å². The van der Waals surface area contributed by atoms with E-state index in [0.29, 0.717) is 0 Å². The molecule has 0 aliphatic carbocycles. The summed E-state index contributed by atoms with van der Waals surface area (Å²) in [5.41, 5.74) is 3.96. The summed E-state index contributed by atoms with van der Waals surface area (Å²) >= 11 is 0. The second-order valence-electron chi connectivity index (χ2n) is 5.20. The van der Waals surface area contributed by atoms with Crippen molar-refractivity contribution in [2.24, 2.45) is 0 Å². The van der Waals surface area contributed by atoms with Crippen molar-refractivity contribution < 1.29 is 4.79 Å². The highest BCUT2D eigenvalue weighted by molar-refractivity contribution is 6.08. The van der Waals surface area contributed by atoms with Crippen molar-refractivity contribution in [1.29, 1.82) is 0 Å². The minimum Gasteiger partial charge on any atom is -0.301 e. The Bertz CT molecular complexity index is 670. The second kappa shape index (κ2) is 4.97. The van der Waals surface area contributed by atoms with E-state index in [1.807, 2.05) is 67.3 Å². The van der Waals surface area contributed by atoms with Crippen molar-refractivity contribution in [2.45, 2.75) is 19.9 Å². The summed E-state index contributed by atoms with van der Waals surface area (Å²) in [7, 11) is 0. The largest absolute Gasteiger partial charge is 0.301 e. The number of aryl methyl sites for hydroxylation is 1. The normalized spacial score (nSPS) is 16.9. The molecule has 1 atom stereocenters. The van der Waals surface area contributed by atoms with E-state index in [4.69, 9.17) is 0 Å². The summed E-state index contributed by atoms with van der Waals surface area (Å²) < 4.78 is 0. The number of nitrogens with zero attached hydrogens (tertiary/aromatic N) is 1. The summed E-state index contributed by atoms with van der Waals surface area (Å²) in [6, 6.07) is 15.8. The van der Waals surface area contributed by atoms with Crippen LogP contribution in [0, 0.1) is 6.92 Å². The molecule has 0 radical (unpaired) electrons. The highest BCUT2D eigenvalue weighted by atomic mass is 16.2. The van der Waals surface area contributed by atoms with E-state index in [-0.39, 0.29) is 11.9 Å². The van der Waals surface area contributed by atoms with Gasteiger partial charge in [-0.1, -0.05) is 48.0 Å². The van der Waals surface area contributed by atoms with Crippen LogP contribution in [0.4, 0.5) is 5.69 Å². The maximum atomic E-state index is 12.8. The number of para-hydroxylation sites is 1. The molecule has 0 bridgehead atoms. The first kappa shape index (κ1) is 12.7. The van der Waals surface area contributed by atoms with Crippen molar-refractivity contribution in [3.05, 3.63) is 71.3 Å². The number of rotatable bonds is 1. The molecule has 0 saturated carbocycles. The third-order valence-corrected chi connectivity index (χ3v) is 3.68. The van der Waals surface area contributed by atoms with E-state index in [0.717, 1.165) is 22.4 Å². The maximum absolute atomic E-state index is 12.8. The van der Waals surface area contributed by atoms with Crippen LogP contribution in [-0.2, 0) is 0 Å². The van der Waals surface area contributed by atoms with Crippen LogP contribution in [0.3, 0.4) is 0 Å². The lowest BCUT2D eigenvalue weighted by molar-refractivity contribution is 0.0982. The average molecular weight is 263 g/mol. The molecule has 1 unspecified atom stereocenters. The molecule has 0 saturated heterocycles. The Labute approximate surface area is 119 Å². The number of anilines is 1. The summed E-state index contributed by atoms with van der Waals surface area (Å²) in [6.45, 7) is 4.06. The third-order valence-electron chi connectivity index (χ3n) is 3.68. The molecule has 2 aromatic rings. The van der Waals surface area contributed by atoms with Gasteiger partial charge in [-0.15, -0.1) is 0 Å². The van der Waals surface area contributed by atoms with Gasteiger partial charge in [0.05, 0.1) is 11.7 Å². The van der Waals surface area contributed by atoms with Crippen LogP contribution in [0.25, 0.3) is 6.08 Å². The van der Waals surface area contributed by atoms with Crippen LogP contribution >= 0.6 is 0 Å². The molecule has 0 N–H and O–H groups in total. The number of amides is 1. The zero-order valence-corrected chi connectivity index (χ0v) is 11.7. The van der Waals surface area contributed by atoms with Gasteiger partial charge in [-0.05, 0) is 37.6 Å². The van der Waals surface area contributed by atoms with Gasteiger partial charge in [0.1, 0.15) is 0 Å². The Morgan fingerprint density at radius 2 is 1.75 bits per heavy atom. The smallest absolute Gasteiger partial charge is 0.258 e. The number of carbonyl (C=O) groups excluding carboxylic acids is 1. The SMILES string of the molecule is Cc1ccc(C(=O)N2c3ccccc3C=CC2C)cc1. The Hall–Kier alpha value is -2.35. The summed E-state index contributed by atoms with van der Waals surface area (Å²) in [6.07, 6.45) is 4.15. The molecule has 2 nitrogen and oxygen atoms in total. The van der Waals surface area contributed by atoms with Crippen molar-refractivity contribution in [3.63, 3.8) is 0 Å². The van der Waals surface area contributed by atoms with E-state index in [2.05, 4.69) is 12.2 Å². The first-order chi connectivity index (χ1) is 9.66. The van der Waals surface area contributed by atoms with Crippen molar-refractivity contribution in [3.8, 4) is 0 Å². The third kappa shape index (κ3) is 2.14. The first-order valence-corrected chi connectivity index (χ1v) is 6.84.